The van der Waals surface area contributed by atoms with Crippen LogP contribution < -0.4 is 10.9 Å². The van der Waals surface area contributed by atoms with E-state index in [9.17, 15) is 24.5 Å². The van der Waals surface area contributed by atoms with E-state index in [2.05, 4.69) is 15.4 Å². The Balaban J connectivity index is 1.40. The second-order valence-corrected chi connectivity index (χ2v) is 8.80. The fourth-order valence-corrected chi connectivity index (χ4v) is 4.87. The summed E-state index contributed by atoms with van der Waals surface area (Å²) in [6.07, 6.45) is 0. The molecular formula is C27H23N5O5. The minimum Gasteiger partial charge on any atom is -0.348 e. The van der Waals surface area contributed by atoms with Crippen molar-refractivity contribution in [2.75, 3.05) is 6.54 Å². The first kappa shape index (κ1) is 23.7. The summed E-state index contributed by atoms with van der Waals surface area (Å²) in [5.41, 5.74) is 8.93. The topological polar surface area (TPSA) is 127 Å². The maximum absolute atomic E-state index is 13.4. The first-order chi connectivity index (χ1) is 17.8. The lowest BCUT2D eigenvalue weighted by Gasteiger charge is -2.26. The first-order valence-electron chi connectivity index (χ1n) is 11.6. The van der Waals surface area contributed by atoms with Gasteiger partial charge in [0, 0.05) is 52.5 Å². The second kappa shape index (κ2) is 9.23. The molecule has 1 unspecified atom stereocenters. The predicted molar refractivity (Wildman–Crippen MR) is 136 cm³/mol. The average Bonchev–Trinajstić information content (AvgIpc) is 3.32. The van der Waals surface area contributed by atoms with Gasteiger partial charge in [0.05, 0.1) is 11.0 Å². The molecule has 1 aliphatic heterocycles. The Morgan fingerprint density at radius 1 is 0.973 bits per heavy atom. The van der Waals surface area contributed by atoms with Crippen molar-refractivity contribution in [1.29, 1.82) is 0 Å². The van der Waals surface area contributed by atoms with Crippen molar-refractivity contribution in [3.05, 3.63) is 111 Å². The van der Waals surface area contributed by atoms with E-state index in [0.717, 1.165) is 27.7 Å². The molecule has 0 spiro atoms. The monoisotopic (exact) mass is 497 g/mol. The molecule has 4 aromatic rings. The number of hydrogen-bond donors (Lipinski definition) is 2. The van der Waals surface area contributed by atoms with E-state index in [-0.39, 0.29) is 23.7 Å². The number of fused-ring (bicyclic) bond motifs is 2. The van der Waals surface area contributed by atoms with Crippen LogP contribution in [0.1, 0.15) is 43.6 Å². The molecule has 0 saturated heterocycles. The minimum atomic E-state index is -0.638. The quantitative estimate of drug-likeness (QED) is 0.323. The molecule has 10 heteroatoms. The molecule has 1 aromatic heterocycles. The number of nitro benzene ring substituents is 1. The number of hydrogen-bond acceptors (Lipinski definition) is 5. The molecule has 37 heavy (non-hydrogen) atoms. The van der Waals surface area contributed by atoms with Gasteiger partial charge in [0.25, 0.3) is 23.4 Å². The van der Waals surface area contributed by atoms with Gasteiger partial charge in [0.2, 0.25) is 0 Å². The maximum Gasteiger partial charge on any atom is 0.269 e. The van der Waals surface area contributed by atoms with Crippen molar-refractivity contribution >= 4 is 34.3 Å². The van der Waals surface area contributed by atoms with Gasteiger partial charge in [-0.25, -0.2) is 0 Å². The van der Waals surface area contributed by atoms with E-state index in [1.807, 2.05) is 50.4 Å². The number of aromatic nitrogens is 1. The van der Waals surface area contributed by atoms with E-state index < -0.39 is 22.8 Å². The number of carbonyl (C=O) groups excluding carboxylic acids is 3. The molecule has 1 atom stereocenters. The van der Waals surface area contributed by atoms with Gasteiger partial charge >= 0.3 is 0 Å². The van der Waals surface area contributed by atoms with E-state index in [1.54, 1.807) is 12.1 Å². The lowest BCUT2D eigenvalue weighted by Crippen LogP contribution is -2.47. The standard InChI is InChI=1S/C27H23N5O5/c1-16-24(21-9-5-6-10-22(21)30(16)2)25-19-7-3-4-8-20(19)27(35)31(25)15-23(33)28-29-26(34)17-11-13-18(14-12-17)32(36)37/h3-14,25H,15H2,1-2H3,(H,28,33)(H,29,34). The Morgan fingerprint density at radius 3 is 2.38 bits per heavy atom. The summed E-state index contributed by atoms with van der Waals surface area (Å²) in [7, 11) is 1.97. The normalized spacial score (nSPS) is 14.5. The minimum absolute atomic E-state index is 0.139. The van der Waals surface area contributed by atoms with Crippen LogP contribution in [0.3, 0.4) is 0 Å². The third kappa shape index (κ3) is 4.08. The maximum atomic E-state index is 13.4. The fraction of sp³-hybridized carbons (Fsp3) is 0.148. The summed E-state index contributed by atoms with van der Waals surface area (Å²) in [4.78, 5) is 50.5. The zero-order valence-electron chi connectivity index (χ0n) is 20.1. The summed E-state index contributed by atoms with van der Waals surface area (Å²) in [5, 5.41) is 11.8. The van der Waals surface area contributed by atoms with E-state index in [0.29, 0.717) is 5.56 Å². The van der Waals surface area contributed by atoms with Crippen LogP contribution in [-0.4, -0.2) is 38.7 Å². The Bertz CT molecular complexity index is 1570. The van der Waals surface area contributed by atoms with Crippen LogP contribution in [0.4, 0.5) is 5.69 Å². The third-order valence-electron chi connectivity index (χ3n) is 6.75. The summed E-state index contributed by atoms with van der Waals surface area (Å²) < 4.78 is 2.07. The van der Waals surface area contributed by atoms with Crippen LogP contribution in [0.25, 0.3) is 10.9 Å². The molecule has 2 N–H and O–H groups in total. The summed E-state index contributed by atoms with van der Waals surface area (Å²) in [5.74, 6) is -1.50. The lowest BCUT2D eigenvalue weighted by molar-refractivity contribution is -0.384. The van der Waals surface area contributed by atoms with Gasteiger partial charge in [-0.15, -0.1) is 0 Å². The zero-order chi connectivity index (χ0) is 26.3. The highest BCUT2D eigenvalue weighted by Crippen LogP contribution is 2.43. The van der Waals surface area contributed by atoms with Crippen LogP contribution in [0, 0.1) is 17.0 Å². The number of nitro groups is 1. The van der Waals surface area contributed by atoms with Crippen molar-refractivity contribution in [1.82, 2.24) is 20.3 Å². The molecule has 5 rings (SSSR count). The smallest absolute Gasteiger partial charge is 0.269 e. The van der Waals surface area contributed by atoms with Crippen molar-refractivity contribution in [2.24, 2.45) is 7.05 Å². The molecule has 0 radical (unpaired) electrons. The highest BCUT2D eigenvalue weighted by molar-refractivity contribution is 6.03. The van der Waals surface area contributed by atoms with Gasteiger partial charge in [0.15, 0.2) is 0 Å². The van der Waals surface area contributed by atoms with Crippen LogP contribution in [-0.2, 0) is 11.8 Å². The average molecular weight is 498 g/mol. The van der Waals surface area contributed by atoms with Crippen LogP contribution in [0.2, 0.25) is 0 Å². The predicted octanol–water partition coefficient (Wildman–Crippen LogP) is 3.40. The number of aryl methyl sites for hydroxylation is 1. The van der Waals surface area contributed by atoms with Crippen LogP contribution in [0.15, 0.2) is 72.8 Å². The van der Waals surface area contributed by atoms with E-state index in [4.69, 9.17) is 0 Å². The number of para-hydroxylation sites is 1. The molecule has 3 aromatic carbocycles. The largest absolute Gasteiger partial charge is 0.348 e. The van der Waals surface area contributed by atoms with E-state index in [1.165, 1.54) is 29.2 Å². The first-order valence-corrected chi connectivity index (χ1v) is 11.6. The Morgan fingerprint density at radius 2 is 1.65 bits per heavy atom. The summed E-state index contributed by atoms with van der Waals surface area (Å²) in [6, 6.07) is 19.7. The summed E-state index contributed by atoms with van der Waals surface area (Å²) in [6.45, 7) is 1.70. The molecule has 2 heterocycles. The highest BCUT2D eigenvalue weighted by Gasteiger charge is 2.40. The number of benzene rings is 3. The van der Waals surface area contributed by atoms with Crippen LogP contribution >= 0.6 is 0 Å². The van der Waals surface area contributed by atoms with Gasteiger partial charge in [0.1, 0.15) is 6.54 Å². The number of non-ortho nitro benzene ring substituents is 1. The van der Waals surface area contributed by atoms with Crippen molar-refractivity contribution < 1.29 is 19.3 Å². The molecule has 186 valence electrons. The number of amides is 3. The fourth-order valence-electron chi connectivity index (χ4n) is 4.87. The number of carbonyl (C=O) groups is 3. The van der Waals surface area contributed by atoms with Gasteiger partial charge in [-0.05, 0) is 36.8 Å². The number of hydrazine groups is 1. The second-order valence-electron chi connectivity index (χ2n) is 8.80. The molecule has 0 saturated carbocycles. The van der Waals surface area contributed by atoms with Crippen molar-refractivity contribution in [3.8, 4) is 0 Å². The number of nitrogens with one attached hydrogen (secondary N) is 2. The van der Waals surface area contributed by atoms with Gasteiger partial charge in [-0.3, -0.25) is 35.3 Å². The van der Waals surface area contributed by atoms with E-state index >= 15 is 0 Å². The molecule has 1 aliphatic rings. The molecule has 3 amide bonds. The number of rotatable bonds is 5. The SMILES string of the molecule is Cc1c(C2c3ccccc3C(=O)N2CC(=O)NNC(=O)c2ccc([N+](=O)[O-])cc2)c2ccccc2n1C. The molecule has 0 bridgehead atoms. The van der Waals surface area contributed by atoms with Gasteiger partial charge in [-0.1, -0.05) is 36.4 Å². The highest BCUT2D eigenvalue weighted by atomic mass is 16.6. The third-order valence-corrected chi connectivity index (χ3v) is 6.75. The Kier molecular flexibility index (Phi) is 5.92. The number of nitrogens with zero attached hydrogens (tertiary/aromatic N) is 3. The molecule has 0 aliphatic carbocycles. The van der Waals surface area contributed by atoms with Crippen LogP contribution in [0.5, 0.6) is 0 Å². The van der Waals surface area contributed by atoms with Gasteiger partial charge in [-0.2, -0.15) is 0 Å². The van der Waals surface area contributed by atoms with Gasteiger partial charge < -0.3 is 9.47 Å². The molecule has 0 fully saturated rings. The zero-order valence-corrected chi connectivity index (χ0v) is 20.1. The Hall–Kier alpha value is -4.99. The molecular weight excluding hydrogens is 474 g/mol. The lowest BCUT2D eigenvalue weighted by atomic mass is 9.95. The molecule has 10 nitrogen and oxygen atoms in total. The van der Waals surface area contributed by atoms with Crippen molar-refractivity contribution in [2.45, 2.75) is 13.0 Å². The van der Waals surface area contributed by atoms with Crippen molar-refractivity contribution in [3.63, 3.8) is 0 Å². The summed E-state index contributed by atoms with van der Waals surface area (Å²) >= 11 is 0. The Labute approximate surface area is 211 Å².